The zero-order valence-electron chi connectivity index (χ0n) is 9.33. The molecule has 0 aromatic heterocycles. The van der Waals surface area contributed by atoms with Gasteiger partial charge in [-0.3, -0.25) is 14.9 Å². The van der Waals surface area contributed by atoms with Crippen molar-refractivity contribution in [2.24, 2.45) is 0 Å². The summed E-state index contributed by atoms with van der Waals surface area (Å²) in [6.45, 7) is -0.586. The fourth-order valence-corrected chi connectivity index (χ4v) is 1.64. The minimum absolute atomic E-state index is 0.0867. The Balaban J connectivity index is 2.76. The number of hydrogen-bond donors (Lipinski definition) is 1. The van der Waals surface area contributed by atoms with Gasteiger partial charge in [-0.25, -0.2) is 0 Å². The number of nitrogens with one attached hydrogen (secondary N) is 1. The predicted molar refractivity (Wildman–Crippen MR) is 63.8 cm³/mol. The third-order valence-corrected chi connectivity index (χ3v) is 2.79. The first-order valence-electron chi connectivity index (χ1n) is 4.99. The second-order valence-electron chi connectivity index (χ2n) is 3.54. The Hall–Kier alpha value is -1.64. The van der Waals surface area contributed by atoms with Gasteiger partial charge in [0, 0.05) is 23.2 Å². The van der Waals surface area contributed by atoms with Crippen molar-refractivity contribution in [1.82, 2.24) is 5.32 Å². The molecule has 1 rings (SSSR count). The van der Waals surface area contributed by atoms with E-state index in [4.69, 9.17) is 0 Å². The number of halogens is 4. The van der Waals surface area contributed by atoms with E-state index in [1.165, 1.54) is 12.1 Å². The molecule has 1 aromatic rings. The van der Waals surface area contributed by atoms with Crippen LogP contribution in [0.1, 0.15) is 16.8 Å². The van der Waals surface area contributed by atoms with Gasteiger partial charge in [-0.15, -0.1) is 0 Å². The van der Waals surface area contributed by atoms with Crippen molar-refractivity contribution in [1.29, 1.82) is 0 Å². The van der Waals surface area contributed by atoms with Crippen LogP contribution in [0.3, 0.4) is 0 Å². The van der Waals surface area contributed by atoms with E-state index in [2.05, 4.69) is 21.2 Å². The quantitative estimate of drug-likeness (QED) is 0.676. The van der Waals surface area contributed by atoms with E-state index in [1.807, 2.05) is 0 Å². The lowest BCUT2D eigenvalue weighted by molar-refractivity contribution is -0.384. The average Bonchev–Trinajstić information content (AvgIpc) is 2.27. The van der Waals surface area contributed by atoms with Gasteiger partial charge in [-0.2, -0.15) is 13.2 Å². The lowest BCUT2D eigenvalue weighted by Gasteiger charge is -2.08. The van der Waals surface area contributed by atoms with Crippen molar-refractivity contribution < 1.29 is 22.9 Å². The van der Waals surface area contributed by atoms with Gasteiger partial charge < -0.3 is 5.32 Å². The third-order valence-electron chi connectivity index (χ3n) is 2.10. The van der Waals surface area contributed by atoms with E-state index in [0.29, 0.717) is 0 Å². The maximum atomic E-state index is 11.9. The largest absolute Gasteiger partial charge is 0.390 e. The van der Waals surface area contributed by atoms with Crippen LogP contribution in [0.15, 0.2) is 22.7 Å². The number of rotatable bonds is 4. The number of non-ortho nitro benzene ring substituents is 1. The van der Waals surface area contributed by atoms with Gasteiger partial charge in [0.05, 0.1) is 16.9 Å². The first-order chi connectivity index (χ1) is 8.70. The molecule has 0 bridgehead atoms. The van der Waals surface area contributed by atoms with E-state index < -0.39 is 30.0 Å². The van der Waals surface area contributed by atoms with Gasteiger partial charge in [-0.05, 0) is 22.0 Å². The zero-order chi connectivity index (χ0) is 14.6. The number of nitro groups is 1. The minimum atomic E-state index is -4.37. The normalized spacial score (nSPS) is 11.2. The molecule has 0 heterocycles. The molecule has 0 aliphatic rings. The predicted octanol–water partition coefficient (Wildman–Crippen LogP) is 3.04. The fraction of sp³-hybridized carbons (Fsp3) is 0.300. The van der Waals surface area contributed by atoms with Crippen LogP contribution in [0.25, 0.3) is 0 Å². The summed E-state index contributed by atoms with van der Waals surface area (Å²) in [5.41, 5.74) is -0.402. The smallest absolute Gasteiger partial charge is 0.352 e. The fourth-order valence-electron chi connectivity index (χ4n) is 1.21. The molecule has 1 aromatic carbocycles. The van der Waals surface area contributed by atoms with Crippen LogP contribution in [-0.2, 0) is 0 Å². The highest BCUT2D eigenvalue weighted by Crippen LogP contribution is 2.23. The molecule has 0 atom stereocenters. The molecule has 0 saturated heterocycles. The van der Waals surface area contributed by atoms with Crippen molar-refractivity contribution in [3.05, 3.63) is 38.3 Å². The van der Waals surface area contributed by atoms with Crippen LogP contribution >= 0.6 is 15.9 Å². The molecule has 0 spiro atoms. The molecule has 0 saturated carbocycles. The Labute approximate surface area is 114 Å². The standard InChI is InChI=1S/C10H8BrF3N2O3/c11-8-2-1-6(16(18)19)5-7(8)9(17)15-4-3-10(12,13)14/h1-2,5H,3-4H2,(H,15,17). The summed E-state index contributed by atoms with van der Waals surface area (Å²) in [6.07, 6.45) is -5.53. The van der Waals surface area contributed by atoms with Gasteiger partial charge in [0.2, 0.25) is 0 Å². The Morgan fingerprint density at radius 3 is 2.58 bits per heavy atom. The Bertz CT molecular complexity index is 505. The van der Waals surface area contributed by atoms with Gasteiger partial charge in [0.1, 0.15) is 0 Å². The molecule has 9 heteroatoms. The van der Waals surface area contributed by atoms with Crippen LogP contribution in [0.2, 0.25) is 0 Å². The van der Waals surface area contributed by atoms with Crippen LogP contribution in [-0.4, -0.2) is 23.6 Å². The van der Waals surface area contributed by atoms with E-state index in [-0.39, 0.29) is 15.7 Å². The Morgan fingerprint density at radius 2 is 2.05 bits per heavy atom. The number of alkyl halides is 3. The molecule has 1 amide bonds. The average molecular weight is 341 g/mol. The van der Waals surface area contributed by atoms with Crippen LogP contribution in [0.5, 0.6) is 0 Å². The van der Waals surface area contributed by atoms with Gasteiger partial charge in [0.25, 0.3) is 11.6 Å². The summed E-state index contributed by atoms with van der Waals surface area (Å²) in [7, 11) is 0. The lowest BCUT2D eigenvalue weighted by atomic mass is 10.2. The Kier molecular flexibility index (Phi) is 4.87. The number of hydrogen-bond acceptors (Lipinski definition) is 3. The number of nitro benzene ring substituents is 1. The molecule has 104 valence electrons. The summed E-state index contributed by atoms with van der Waals surface area (Å²) in [5.74, 6) is -0.806. The van der Waals surface area contributed by atoms with Crippen molar-refractivity contribution >= 4 is 27.5 Å². The molecule has 0 aliphatic heterocycles. The summed E-state index contributed by atoms with van der Waals surface area (Å²) >= 11 is 3.01. The molecule has 0 aliphatic carbocycles. The number of carbonyl (C=O) groups excluding carboxylic acids is 1. The third kappa shape index (κ3) is 4.86. The van der Waals surface area contributed by atoms with E-state index >= 15 is 0 Å². The summed E-state index contributed by atoms with van der Waals surface area (Å²) in [5, 5.41) is 12.6. The molecular formula is C10H8BrF3N2O3. The second-order valence-corrected chi connectivity index (χ2v) is 4.40. The number of benzene rings is 1. The molecule has 1 N–H and O–H groups in total. The first-order valence-corrected chi connectivity index (χ1v) is 5.79. The first kappa shape index (κ1) is 15.4. The van der Waals surface area contributed by atoms with E-state index in [0.717, 1.165) is 6.07 Å². The van der Waals surface area contributed by atoms with Crippen molar-refractivity contribution in [2.45, 2.75) is 12.6 Å². The molecule has 19 heavy (non-hydrogen) atoms. The van der Waals surface area contributed by atoms with Crippen LogP contribution < -0.4 is 5.32 Å². The minimum Gasteiger partial charge on any atom is -0.352 e. The summed E-state index contributed by atoms with van der Waals surface area (Å²) in [6, 6.07) is 3.46. The molecule has 0 fully saturated rings. The van der Waals surface area contributed by atoms with E-state index in [9.17, 15) is 28.1 Å². The highest BCUT2D eigenvalue weighted by molar-refractivity contribution is 9.10. The lowest BCUT2D eigenvalue weighted by Crippen LogP contribution is -2.28. The van der Waals surface area contributed by atoms with Gasteiger partial charge in [0.15, 0.2) is 0 Å². The molecular weight excluding hydrogens is 333 g/mol. The maximum absolute atomic E-state index is 11.9. The van der Waals surface area contributed by atoms with E-state index in [1.54, 1.807) is 0 Å². The second kappa shape index (κ2) is 6.00. The van der Waals surface area contributed by atoms with Gasteiger partial charge in [-0.1, -0.05) is 0 Å². The molecule has 5 nitrogen and oxygen atoms in total. The number of carbonyl (C=O) groups is 1. The summed E-state index contributed by atoms with van der Waals surface area (Å²) in [4.78, 5) is 21.4. The maximum Gasteiger partial charge on any atom is 0.390 e. The van der Waals surface area contributed by atoms with Crippen molar-refractivity contribution in [2.75, 3.05) is 6.54 Å². The van der Waals surface area contributed by atoms with Gasteiger partial charge >= 0.3 is 6.18 Å². The Morgan fingerprint density at radius 1 is 1.42 bits per heavy atom. The van der Waals surface area contributed by atoms with Crippen LogP contribution in [0, 0.1) is 10.1 Å². The van der Waals surface area contributed by atoms with Crippen molar-refractivity contribution in [3.63, 3.8) is 0 Å². The summed E-state index contributed by atoms with van der Waals surface area (Å²) < 4.78 is 36.0. The topological polar surface area (TPSA) is 72.2 Å². The molecule has 0 radical (unpaired) electrons. The number of amides is 1. The SMILES string of the molecule is O=C(NCCC(F)(F)F)c1cc([N+](=O)[O-])ccc1Br. The monoisotopic (exact) mass is 340 g/mol. The molecule has 0 unspecified atom stereocenters. The zero-order valence-corrected chi connectivity index (χ0v) is 10.9. The number of nitrogens with zero attached hydrogens (tertiary/aromatic N) is 1. The van der Waals surface area contributed by atoms with Crippen molar-refractivity contribution in [3.8, 4) is 0 Å². The van der Waals surface area contributed by atoms with Crippen LogP contribution in [0.4, 0.5) is 18.9 Å². The highest BCUT2D eigenvalue weighted by atomic mass is 79.9. The highest BCUT2D eigenvalue weighted by Gasteiger charge is 2.27.